The van der Waals surface area contributed by atoms with Gasteiger partial charge in [0.25, 0.3) is 0 Å². The van der Waals surface area contributed by atoms with Crippen LogP contribution in [0.4, 0.5) is 0 Å². The molecular formula is C24H40O6. The van der Waals surface area contributed by atoms with Crippen molar-refractivity contribution in [3.8, 4) is 0 Å². The Labute approximate surface area is 180 Å². The Morgan fingerprint density at radius 1 is 1.13 bits per heavy atom. The summed E-state index contributed by atoms with van der Waals surface area (Å²) in [6.07, 6.45) is 6.38. The zero-order valence-corrected chi connectivity index (χ0v) is 18.9. The number of fused-ring (bicyclic) bond motifs is 1. The van der Waals surface area contributed by atoms with Crippen molar-refractivity contribution in [3.63, 3.8) is 0 Å². The van der Waals surface area contributed by atoms with Crippen molar-refractivity contribution >= 4 is 11.9 Å². The predicted molar refractivity (Wildman–Crippen MR) is 115 cm³/mol. The van der Waals surface area contributed by atoms with Crippen LogP contribution in [0, 0.1) is 35.5 Å². The lowest BCUT2D eigenvalue weighted by atomic mass is 9.60. The first-order chi connectivity index (χ1) is 14.1. The summed E-state index contributed by atoms with van der Waals surface area (Å²) in [6, 6.07) is 0. The zero-order valence-electron chi connectivity index (χ0n) is 18.9. The zero-order chi connectivity index (χ0) is 22.4. The van der Waals surface area contributed by atoms with E-state index in [0.29, 0.717) is 24.2 Å². The van der Waals surface area contributed by atoms with Crippen molar-refractivity contribution in [3.05, 3.63) is 12.2 Å². The van der Waals surface area contributed by atoms with Crippen LogP contribution in [-0.4, -0.2) is 45.6 Å². The number of aliphatic hydroxyl groups is 2. The second-order valence-electron chi connectivity index (χ2n) is 9.73. The van der Waals surface area contributed by atoms with Gasteiger partial charge in [-0.2, -0.15) is 0 Å². The Kier molecular flexibility index (Phi) is 9.35. The van der Waals surface area contributed by atoms with E-state index in [1.807, 2.05) is 13.8 Å². The minimum atomic E-state index is -1.06. The molecule has 0 radical (unpaired) electrons. The van der Waals surface area contributed by atoms with Gasteiger partial charge in [-0.15, -0.1) is 0 Å². The number of hydrogen-bond acceptors (Lipinski definition) is 5. The number of carbonyl (C=O) groups is 2. The van der Waals surface area contributed by atoms with Gasteiger partial charge in [0.1, 0.15) is 6.10 Å². The van der Waals surface area contributed by atoms with E-state index in [-0.39, 0.29) is 42.7 Å². The van der Waals surface area contributed by atoms with Gasteiger partial charge in [0.2, 0.25) is 0 Å². The molecular weight excluding hydrogens is 384 g/mol. The van der Waals surface area contributed by atoms with Crippen LogP contribution in [0.5, 0.6) is 0 Å². The molecule has 0 amide bonds. The number of hydrogen-bond donors (Lipinski definition) is 3. The highest BCUT2D eigenvalue weighted by atomic mass is 16.5. The smallest absolute Gasteiger partial charge is 0.308 e. The molecule has 3 N–H and O–H groups in total. The van der Waals surface area contributed by atoms with Crippen LogP contribution in [0.3, 0.4) is 0 Å². The quantitative estimate of drug-likeness (QED) is 0.364. The molecule has 0 aromatic rings. The molecule has 1 fully saturated rings. The van der Waals surface area contributed by atoms with Crippen LogP contribution in [0.1, 0.15) is 72.6 Å². The Balaban J connectivity index is 2.06. The molecule has 2 aliphatic rings. The lowest BCUT2D eigenvalue weighted by Gasteiger charge is -2.47. The number of carboxylic acids is 1. The third-order valence-corrected chi connectivity index (χ3v) is 7.13. The molecule has 0 spiro atoms. The number of rotatable bonds is 10. The van der Waals surface area contributed by atoms with E-state index in [4.69, 9.17) is 9.84 Å². The molecule has 2 aliphatic carbocycles. The molecule has 172 valence electrons. The highest BCUT2D eigenvalue weighted by molar-refractivity contribution is 5.72. The lowest BCUT2D eigenvalue weighted by Crippen LogP contribution is -2.46. The van der Waals surface area contributed by atoms with Gasteiger partial charge in [-0.05, 0) is 62.2 Å². The summed E-state index contributed by atoms with van der Waals surface area (Å²) in [5.41, 5.74) is 0. The fourth-order valence-electron chi connectivity index (χ4n) is 5.27. The maximum absolute atomic E-state index is 12.5. The second-order valence-corrected chi connectivity index (χ2v) is 9.73. The van der Waals surface area contributed by atoms with Crippen LogP contribution in [0.2, 0.25) is 0 Å². The predicted octanol–water partition coefficient (Wildman–Crippen LogP) is 3.80. The van der Waals surface area contributed by atoms with Gasteiger partial charge in [-0.1, -0.05) is 39.8 Å². The van der Waals surface area contributed by atoms with Gasteiger partial charge >= 0.3 is 11.9 Å². The first-order valence-corrected chi connectivity index (χ1v) is 11.6. The number of carboxylic acid groups (broad SMARTS) is 1. The normalized spacial score (nSPS) is 33.9. The molecule has 6 heteroatoms. The van der Waals surface area contributed by atoms with Crippen LogP contribution in [0.15, 0.2) is 12.2 Å². The van der Waals surface area contributed by atoms with Crippen molar-refractivity contribution in [1.29, 1.82) is 0 Å². The van der Waals surface area contributed by atoms with Crippen molar-refractivity contribution in [2.75, 3.05) is 0 Å². The Morgan fingerprint density at radius 2 is 1.83 bits per heavy atom. The van der Waals surface area contributed by atoms with Gasteiger partial charge in [-0.3, -0.25) is 9.59 Å². The molecule has 0 saturated heterocycles. The Hall–Kier alpha value is -1.40. The average Bonchev–Trinajstić information content (AvgIpc) is 2.65. The minimum Gasteiger partial charge on any atom is -0.481 e. The van der Waals surface area contributed by atoms with Crippen LogP contribution < -0.4 is 0 Å². The molecule has 0 aromatic carbocycles. The van der Waals surface area contributed by atoms with E-state index in [9.17, 15) is 19.8 Å². The summed E-state index contributed by atoms with van der Waals surface area (Å²) in [5, 5.41) is 28.9. The summed E-state index contributed by atoms with van der Waals surface area (Å²) in [4.78, 5) is 23.3. The average molecular weight is 425 g/mol. The van der Waals surface area contributed by atoms with E-state index in [1.165, 1.54) is 0 Å². The van der Waals surface area contributed by atoms with Gasteiger partial charge < -0.3 is 20.1 Å². The Morgan fingerprint density at radius 3 is 2.47 bits per heavy atom. The van der Waals surface area contributed by atoms with Crippen molar-refractivity contribution in [2.45, 2.75) is 91.0 Å². The molecule has 0 aromatic heterocycles. The molecule has 0 bridgehead atoms. The maximum atomic E-state index is 12.5. The highest BCUT2D eigenvalue weighted by Gasteiger charge is 2.45. The first-order valence-electron chi connectivity index (χ1n) is 11.6. The van der Waals surface area contributed by atoms with Gasteiger partial charge in [-0.25, -0.2) is 0 Å². The van der Waals surface area contributed by atoms with Crippen molar-refractivity contribution in [2.24, 2.45) is 35.5 Å². The summed E-state index contributed by atoms with van der Waals surface area (Å²) < 4.78 is 6.04. The third kappa shape index (κ3) is 6.81. The second kappa shape index (κ2) is 11.3. The number of aliphatic carboxylic acids is 1. The van der Waals surface area contributed by atoms with E-state index >= 15 is 0 Å². The van der Waals surface area contributed by atoms with Crippen molar-refractivity contribution in [1.82, 2.24) is 0 Å². The van der Waals surface area contributed by atoms with Gasteiger partial charge in [0, 0.05) is 5.92 Å². The molecule has 9 atom stereocenters. The highest BCUT2D eigenvalue weighted by Crippen LogP contribution is 2.47. The van der Waals surface area contributed by atoms with E-state index in [1.54, 1.807) is 0 Å². The topological polar surface area (TPSA) is 104 Å². The minimum absolute atomic E-state index is 0.0702. The molecule has 1 unspecified atom stereocenters. The van der Waals surface area contributed by atoms with Crippen LogP contribution in [0.25, 0.3) is 0 Å². The number of ether oxygens (including phenoxy) is 1. The van der Waals surface area contributed by atoms with Gasteiger partial charge in [0.05, 0.1) is 24.5 Å². The largest absolute Gasteiger partial charge is 0.481 e. The summed E-state index contributed by atoms with van der Waals surface area (Å²) in [6.45, 7) is 8.29. The fourth-order valence-corrected chi connectivity index (χ4v) is 5.27. The SMILES string of the molecule is CC[C@H](C)C(=O)O[C@H]1C[C@@H](C)CC2C=C[C@H](C)[C@H](CC[C@@H](O)C[C@@H](O)CC(=O)O)[C@@H]21. The Bertz CT molecular complexity index is 603. The number of allylic oxidation sites excluding steroid dienone is 2. The van der Waals surface area contributed by atoms with E-state index in [0.717, 1.165) is 25.7 Å². The molecule has 2 rings (SSSR count). The summed E-state index contributed by atoms with van der Waals surface area (Å²) >= 11 is 0. The van der Waals surface area contributed by atoms with E-state index in [2.05, 4.69) is 26.0 Å². The molecule has 0 aliphatic heterocycles. The van der Waals surface area contributed by atoms with Crippen molar-refractivity contribution < 1.29 is 29.6 Å². The summed E-state index contributed by atoms with van der Waals surface area (Å²) in [7, 11) is 0. The summed E-state index contributed by atoms with van der Waals surface area (Å²) in [5.74, 6) is 0.433. The van der Waals surface area contributed by atoms with E-state index < -0.39 is 18.2 Å². The van der Waals surface area contributed by atoms with Crippen LogP contribution in [-0.2, 0) is 14.3 Å². The monoisotopic (exact) mass is 424 g/mol. The lowest BCUT2D eigenvalue weighted by molar-refractivity contribution is -0.163. The van der Waals surface area contributed by atoms with Gasteiger partial charge in [0.15, 0.2) is 0 Å². The fraction of sp³-hybridized carbons (Fsp3) is 0.833. The first kappa shape index (κ1) is 24.9. The van der Waals surface area contributed by atoms with Crippen LogP contribution >= 0.6 is 0 Å². The number of esters is 1. The third-order valence-electron chi connectivity index (χ3n) is 7.13. The molecule has 6 nitrogen and oxygen atoms in total. The maximum Gasteiger partial charge on any atom is 0.308 e. The molecule has 0 heterocycles. The molecule has 1 saturated carbocycles. The standard InChI is InChI=1S/C24H40O6/c1-5-15(3)24(29)30-21-11-14(2)10-17-7-6-16(4)20(23(17)21)9-8-18(25)12-19(26)13-22(27)28/h6-7,14-21,23,25-26H,5,8-13H2,1-4H3,(H,27,28)/t14-,15-,16-,17?,18+,19+,20-,21-,23+/m0/s1. The number of aliphatic hydroxyl groups excluding tert-OH is 2. The number of carbonyl (C=O) groups excluding carboxylic acids is 1. The molecule has 30 heavy (non-hydrogen) atoms.